The maximum absolute atomic E-state index is 9.33. The molecule has 0 N–H and O–H groups in total. The number of hydrogen-bond donors (Lipinski definition) is 0. The maximum atomic E-state index is 9.33. The highest BCUT2D eigenvalue weighted by Gasteiger charge is 1.55. The normalized spacial score (nSPS) is 6.60. The molecule has 2 radical (unpaired) electrons. The highest BCUT2D eigenvalue weighted by Crippen LogP contribution is 1.52. The lowest BCUT2D eigenvalue weighted by molar-refractivity contribution is 0.701. The van der Waals surface area contributed by atoms with Crippen LogP contribution in [0, 0.1) is 6.42 Å². The second-order valence-electron chi connectivity index (χ2n) is 0.503. The van der Waals surface area contributed by atoms with Gasteiger partial charge in [0.1, 0.15) is 0 Å². The zero-order valence-electron chi connectivity index (χ0n) is 2.89. The summed E-state index contributed by atoms with van der Waals surface area (Å²) >= 11 is 0.416. The molecule has 0 aliphatic heterocycles. The molecule has 0 saturated heterocycles. The average molecular weight is 88.1 g/mol. The molecule has 2 heteroatoms. The van der Waals surface area contributed by atoms with Crippen molar-refractivity contribution in [3.63, 3.8) is 0 Å². The van der Waals surface area contributed by atoms with E-state index in [0.717, 1.165) is 0 Å². The van der Waals surface area contributed by atoms with E-state index >= 15 is 0 Å². The molecular weight excluding hydrogens is 84.1 g/mol. The van der Waals surface area contributed by atoms with Crippen LogP contribution in [0.1, 0.15) is 6.92 Å². The molecule has 0 atom stereocenters. The topological polar surface area (TPSA) is 17.1 Å². The molecule has 0 aliphatic rings. The van der Waals surface area contributed by atoms with Gasteiger partial charge >= 0.3 is 0 Å². The van der Waals surface area contributed by atoms with E-state index in [-0.39, 0.29) is 0 Å². The van der Waals surface area contributed by atoms with Crippen LogP contribution in [0.25, 0.3) is 0 Å². The molecule has 0 saturated carbocycles. The fourth-order valence-electron chi connectivity index (χ4n) is 0.0481. The van der Waals surface area contributed by atoms with E-state index in [9.17, 15) is 4.21 Å². The Morgan fingerprint density at radius 1 is 2.00 bits per heavy atom. The molecule has 0 unspecified atom stereocenters. The molecule has 0 aromatic heterocycles. The molecule has 0 spiro atoms. The maximum Gasteiger partial charge on any atom is 0.0847 e. The molecule has 0 aliphatic carbocycles. The lowest BCUT2D eigenvalue weighted by Gasteiger charge is -1.53. The van der Waals surface area contributed by atoms with E-state index in [4.69, 9.17) is 0 Å². The summed E-state index contributed by atoms with van der Waals surface area (Å²) in [6.45, 7) is 1.69. The Balaban J connectivity index is 2.93. The van der Waals surface area contributed by atoms with Crippen LogP contribution in [-0.4, -0.2) is 9.58 Å². The van der Waals surface area contributed by atoms with Gasteiger partial charge < -0.3 is 0 Å². The van der Waals surface area contributed by atoms with Crippen molar-refractivity contribution in [2.45, 2.75) is 6.92 Å². The highest BCUT2D eigenvalue weighted by atomic mass is 32.1. The minimum atomic E-state index is 0.416. The van der Waals surface area contributed by atoms with E-state index < -0.39 is 0 Å². The van der Waals surface area contributed by atoms with Gasteiger partial charge in [0.25, 0.3) is 0 Å². The third-order valence-electron chi connectivity index (χ3n) is 0.166. The van der Waals surface area contributed by atoms with Gasteiger partial charge in [-0.1, -0.05) is 6.92 Å². The molecule has 0 rings (SSSR count). The van der Waals surface area contributed by atoms with Crippen LogP contribution in [0.2, 0.25) is 0 Å². The Bertz CT molecular complexity index is 53.9. The molecule has 0 aromatic rings. The van der Waals surface area contributed by atoms with Crippen molar-refractivity contribution in [1.82, 2.24) is 0 Å². The van der Waals surface area contributed by atoms with Crippen molar-refractivity contribution in [3.05, 3.63) is 6.42 Å². The van der Waals surface area contributed by atoms with Gasteiger partial charge in [-0.2, -0.15) is 0 Å². The summed E-state index contributed by atoms with van der Waals surface area (Å²) in [5.74, 6) is 0. The van der Waals surface area contributed by atoms with Crippen LogP contribution in [-0.2, 0) is 11.3 Å². The largest absolute Gasteiger partial charge is 0.213 e. The third-order valence-corrected chi connectivity index (χ3v) is 0.498. The molecule has 0 heterocycles. The van der Waals surface area contributed by atoms with Gasteiger partial charge in [0.05, 0.1) is 11.3 Å². The molecule has 1 nitrogen and oxygen atoms in total. The summed E-state index contributed by atoms with van der Waals surface area (Å²) in [5.41, 5.74) is 0. The van der Waals surface area contributed by atoms with Crippen LogP contribution in [0.5, 0.6) is 0 Å². The van der Waals surface area contributed by atoms with Crippen molar-refractivity contribution in [2.24, 2.45) is 0 Å². The van der Waals surface area contributed by atoms with Gasteiger partial charge in [0.2, 0.25) is 0 Å². The van der Waals surface area contributed by atoms with Gasteiger partial charge in [-0.05, 0) is 0 Å². The van der Waals surface area contributed by atoms with Crippen LogP contribution in [0.3, 0.4) is 0 Å². The third kappa shape index (κ3) is 3.89. The summed E-state index contributed by atoms with van der Waals surface area (Å²) < 4.78 is 9.33. The predicted octanol–water partition coefficient (Wildman–Crippen LogP) is 0.103. The zero-order chi connectivity index (χ0) is 4.12. The molecular formula is C3H4OS. The van der Waals surface area contributed by atoms with Crippen molar-refractivity contribution in [3.8, 4) is 0 Å². The molecule has 0 aromatic carbocycles. The van der Waals surface area contributed by atoms with Gasteiger partial charge in [-0.3, -0.25) is 0 Å². The van der Waals surface area contributed by atoms with Crippen LogP contribution < -0.4 is 0 Å². The van der Waals surface area contributed by atoms with Crippen LogP contribution in [0.4, 0.5) is 0 Å². The van der Waals surface area contributed by atoms with Crippen molar-refractivity contribution in [2.75, 3.05) is 0 Å². The van der Waals surface area contributed by atoms with Gasteiger partial charge in [0, 0.05) is 11.8 Å². The summed E-state index contributed by atoms with van der Waals surface area (Å²) in [5, 5.41) is 1.36. The average Bonchev–Trinajstić information content (AvgIpc) is 1.41. The fraction of sp³-hybridized carbons (Fsp3) is 0.333. The quantitative estimate of drug-likeness (QED) is 0.415. The van der Waals surface area contributed by atoms with Crippen LogP contribution in [0.15, 0.2) is 0 Å². The summed E-state index contributed by atoms with van der Waals surface area (Å²) in [6.07, 6.45) is 2.54. The lowest BCUT2D eigenvalue weighted by atomic mass is 10.6. The Hall–Kier alpha value is -0.110. The van der Waals surface area contributed by atoms with E-state index in [2.05, 4.69) is 6.42 Å². The summed E-state index contributed by atoms with van der Waals surface area (Å²) in [7, 11) is 0. The van der Waals surface area contributed by atoms with Crippen molar-refractivity contribution >= 4 is 16.6 Å². The monoisotopic (exact) mass is 88.0 g/mol. The lowest BCUT2D eigenvalue weighted by Crippen LogP contribution is -1.60. The number of hydrogen-bond acceptors (Lipinski definition) is 1. The Kier molecular flexibility index (Phi) is 3.80. The Morgan fingerprint density at radius 3 is 2.60 bits per heavy atom. The molecule has 0 fully saturated rings. The molecule has 5 heavy (non-hydrogen) atoms. The van der Waals surface area contributed by atoms with Crippen LogP contribution >= 0.6 is 0 Å². The zero-order valence-corrected chi connectivity index (χ0v) is 3.71. The predicted molar refractivity (Wildman–Crippen MR) is 23.1 cm³/mol. The second-order valence-corrected chi connectivity index (χ2v) is 0.931. The first-order valence-corrected chi connectivity index (χ1v) is 2.00. The van der Waals surface area contributed by atoms with E-state index in [0.29, 0.717) is 11.3 Å². The van der Waals surface area contributed by atoms with Gasteiger partial charge in [-0.15, -0.1) is 0 Å². The second kappa shape index (κ2) is 3.89. The summed E-state index contributed by atoms with van der Waals surface area (Å²) in [4.78, 5) is 0. The Morgan fingerprint density at radius 2 is 2.60 bits per heavy atom. The fourth-order valence-corrected chi connectivity index (χ4v) is 0.144. The smallest absolute Gasteiger partial charge is 0.0847 e. The molecule has 0 bridgehead atoms. The van der Waals surface area contributed by atoms with Crippen molar-refractivity contribution < 1.29 is 4.21 Å². The van der Waals surface area contributed by atoms with E-state index in [1.807, 2.05) is 0 Å². The molecule has 0 amide bonds. The summed E-state index contributed by atoms with van der Waals surface area (Å²) in [6, 6.07) is 0. The number of rotatable bonds is 1. The van der Waals surface area contributed by atoms with E-state index in [1.54, 1.807) is 6.92 Å². The first-order chi connectivity index (χ1) is 2.41. The van der Waals surface area contributed by atoms with Gasteiger partial charge in [0.15, 0.2) is 0 Å². The molecule has 28 valence electrons. The minimum absolute atomic E-state index is 0.416. The Labute approximate surface area is 35.1 Å². The minimum Gasteiger partial charge on any atom is -0.213 e. The first kappa shape index (κ1) is 4.89. The van der Waals surface area contributed by atoms with Crippen molar-refractivity contribution in [1.29, 1.82) is 0 Å². The first-order valence-electron chi connectivity index (χ1n) is 1.19. The highest BCUT2D eigenvalue weighted by molar-refractivity contribution is 7.65. The standard InChI is InChI=1S/C3H4OS/c1-2-3-5-4/h3H,1H3. The SMILES string of the molecule is C[C]C=S=O. The van der Waals surface area contributed by atoms with E-state index in [1.165, 1.54) is 5.37 Å². The van der Waals surface area contributed by atoms with Gasteiger partial charge in [-0.25, -0.2) is 4.21 Å².